The van der Waals surface area contributed by atoms with Gasteiger partial charge in [-0.2, -0.15) is 0 Å². The number of halogens is 1. The van der Waals surface area contributed by atoms with Crippen molar-refractivity contribution >= 4 is 21.6 Å². The predicted octanol–water partition coefficient (Wildman–Crippen LogP) is 3.43. The number of anilines is 1. The fourth-order valence-electron chi connectivity index (χ4n) is 2.02. The van der Waals surface area contributed by atoms with Crippen LogP contribution in [0.1, 0.15) is 22.8 Å². The lowest BCUT2D eigenvalue weighted by Crippen LogP contribution is -2.06. The number of rotatable bonds is 3. The van der Waals surface area contributed by atoms with Crippen molar-refractivity contribution in [2.45, 2.75) is 13.0 Å². The summed E-state index contributed by atoms with van der Waals surface area (Å²) in [5.41, 5.74) is 8.93. The molecule has 0 aromatic heterocycles. The normalized spacial score (nSPS) is 12.2. The highest BCUT2D eigenvalue weighted by Gasteiger charge is 2.18. The Morgan fingerprint density at radius 2 is 1.89 bits per heavy atom. The Bertz CT molecular complexity index is 599. The standard InChI is InChI=1S/C15H16BrNO2/c1-9-3-6-14(19-2)12(7-9)15(18)11-8-10(16)4-5-13(11)17/h3-8,15,18H,17H2,1-2H3. The Labute approximate surface area is 121 Å². The molecule has 0 saturated heterocycles. The number of methoxy groups -OCH3 is 1. The first-order chi connectivity index (χ1) is 9.02. The lowest BCUT2D eigenvalue weighted by molar-refractivity contribution is 0.215. The summed E-state index contributed by atoms with van der Waals surface area (Å²) in [6.07, 6.45) is -0.813. The molecule has 0 heterocycles. The maximum Gasteiger partial charge on any atom is 0.125 e. The van der Waals surface area contributed by atoms with Gasteiger partial charge in [0.2, 0.25) is 0 Å². The Balaban J connectivity index is 2.51. The minimum atomic E-state index is -0.813. The van der Waals surface area contributed by atoms with E-state index in [0.29, 0.717) is 22.6 Å². The van der Waals surface area contributed by atoms with Crippen LogP contribution in [0.5, 0.6) is 5.75 Å². The minimum Gasteiger partial charge on any atom is -0.496 e. The van der Waals surface area contributed by atoms with Gasteiger partial charge in [0.1, 0.15) is 11.9 Å². The van der Waals surface area contributed by atoms with Gasteiger partial charge in [0, 0.05) is 21.3 Å². The molecule has 0 aliphatic carbocycles. The van der Waals surface area contributed by atoms with Gasteiger partial charge in [-0.15, -0.1) is 0 Å². The minimum absolute atomic E-state index is 0.555. The Hall–Kier alpha value is -1.52. The van der Waals surface area contributed by atoms with Crippen LogP contribution in [0.25, 0.3) is 0 Å². The van der Waals surface area contributed by atoms with Crippen LogP contribution in [0, 0.1) is 6.92 Å². The average Bonchev–Trinajstić information content (AvgIpc) is 2.40. The Morgan fingerprint density at radius 1 is 1.16 bits per heavy atom. The smallest absolute Gasteiger partial charge is 0.125 e. The molecule has 0 saturated carbocycles. The molecule has 3 nitrogen and oxygen atoms in total. The molecule has 0 bridgehead atoms. The van der Waals surface area contributed by atoms with Gasteiger partial charge in [-0.1, -0.05) is 27.6 Å². The monoisotopic (exact) mass is 321 g/mol. The van der Waals surface area contributed by atoms with E-state index in [1.54, 1.807) is 13.2 Å². The van der Waals surface area contributed by atoms with Crippen LogP contribution in [0.3, 0.4) is 0 Å². The SMILES string of the molecule is COc1ccc(C)cc1C(O)c1cc(Br)ccc1N. The summed E-state index contributed by atoms with van der Waals surface area (Å²) in [5.74, 6) is 0.650. The van der Waals surface area contributed by atoms with Crippen molar-refractivity contribution in [1.82, 2.24) is 0 Å². The number of hydrogen-bond acceptors (Lipinski definition) is 3. The van der Waals surface area contributed by atoms with Crippen LogP contribution in [0.2, 0.25) is 0 Å². The van der Waals surface area contributed by atoms with E-state index in [1.807, 2.05) is 37.3 Å². The fraction of sp³-hybridized carbons (Fsp3) is 0.200. The maximum atomic E-state index is 10.6. The van der Waals surface area contributed by atoms with Crippen LogP contribution in [0.15, 0.2) is 40.9 Å². The molecule has 2 aromatic carbocycles. The van der Waals surface area contributed by atoms with Gasteiger partial charge in [-0.25, -0.2) is 0 Å². The van der Waals surface area contributed by atoms with Crippen molar-refractivity contribution < 1.29 is 9.84 Å². The number of benzene rings is 2. The van der Waals surface area contributed by atoms with Crippen LogP contribution in [-0.2, 0) is 0 Å². The van der Waals surface area contributed by atoms with Gasteiger partial charge in [0.15, 0.2) is 0 Å². The van der Waals surface area contributed by atoms with Crippen molar-refractivity contribution in [1.29, 1.82) is 0 Å². The molecule has 19 heavy (non-hydrogen) atoms. The molecule has 2 aromatic rings. The first kappa shape index (κ1) is 13.9. The van der Waals surface area contributed by atoms with Crippen molar-refractivity contribution in [3.8, 4) is 5.75 Å². The van der Waals surface area contributed by atoms with Crippen LogP contribution < -0.4 is 10.5 Å². The van der Waals surface area contributed by atoms with E-state index in [2.05, 4.69) is 15.9 Å². The molecule has 0 amide bonds. The maximum absolute atomic E-state index is 10.6. The predicted molar refractivity (Wildman–Crippen MR) is 80.3 cm³/mol. The highest BCUT2D eigenvalue weighted by atomic mass is 79.9. The molecule has 2 rings (SSSR count). The zero-order valence-corrected chi connectivity index (χ0v) is 12.4. The zero-order chi connectivity index (χ0) is 14.0. The van der Waals surface area contributed by atoms with E-state index >= 15 is 0 Å². The summed E-state index contributed by atoms with van der Waals surface area (Å²) in [6, 6.07) is 11.1. The summed E-state index contributed by atoms with van der Waals surface area (Å²) in [6.45, 7) is 1.97. The highest BCUT2D eigenvalue weighted by Crippen LogP contribution is 2.34. The van der Waals surface area contributed by atoms with Crippen molar-refractivity contribution in [3.63, 3.8) is 0 Å². The molecule has 3 N–H and O–H groups in total. The van der Waals surface area contributed by atoms with Crippen LogP contribution in [0.4, 0.5) is 5.69 Å². The van der Waals surface area contributed by atoms with E-state index in [0.717, 1.165) is 10.0 Å². The van der Waals surface area contributed by atoms with E-state index in [4.69, 9.17) is 10.5 Å². The quantitative estimate of drug-likeness (QED) is 0.851. The molecule has 4 heteroatoms. The van der Waals surface area contributed by atoms with Crippen LogP contribution in [-0.4, -0.2) is 12.2 Å². The van der Waals surface area contributed by atoms with Gasteiger partial charge in [0.05, 0.1) is 7.11 Å². The van der Waals surface area contributed by atoms with Crippen molar-refractivity contribution in [3.05, 3.63) is 57.6 Å². The molecular formula is C15H16BrNO2. The molecule has 0 spiro atoms. The highest BCUT2D eigenvalue weighted by molar-refractivity contribution is 9.10. The second kappa shape index (κ2) is 5.63. The summed E-state index contributed by atoms with van der Waals surface area (Å²) in [5, 5.41) is 10.6. The second-order valence-corrected chi connectivity index (χ2v) is 5.34. The van der Waals surface area contributed by atoms with E-state index in [9.17, 15) is 5.11 Å². The number of aryl methyl sites for hydroxylation is 1. The Kier molecular flexibility index (Phi) is 4.12. The topological polar surface area (TPSA) is 55.5 Å². The molecule has 0 aliphatic rings. The Morgan fingerprint density at radius 3 is 2.58 bits per heavy atom. The number of nitrogens with two attached hydrogens (primary N) is 1. The van der Waals surface area contributed by atoms with E-state index < -0.39 is 6.10 Å². The van der Waals surface area contributed by atoms with Gasteiger partial charge >= 0.3 is 0 Å². The number of nitrogen functional groups attached to an aromatic ring is 1. The molecule has 1 atom stereocenters. The molecule has 0 aliphatic heterocycles. The third kappa shape index (κ3) is 2.91. The van der Waals surface area contributed by atoms with Gasteiger partial charge < -0.3 is 15.6 Å². The number of ether oxygens (including phenoxy) is 1. The van der Waals surface area contributed by atoms with Gasteiger partial charge in [0.25, 0.3) is 0 Å². The van der Waals surface area contributed by atoms with Crippen molar-refractivity contribution in [2.75, 3.05) is 12.8 Å². The van der Waals surface area contributed by atoms with E-state index in [1.165, 1.54) is 0 Å². The van der Waals surface area contributed by atoms with Gasteiger partial charge in [-0.3, -0.25) is 0 Å². The summed E-state index contributed by atoms with van der Waals surface area (Å²) < 4.78 is 6.18. The lowest BCUT2D eigenvalue weighted by Gasteiger charge is -2.17. The summed E-state index contributed by atoms with van der Waals surface area (Å²) in [4.78, 5) is 0. The number of aliphatic hydroxyl groups excluding tert-OH is 1. The third-order valence-electron chi connectivity index (χ3n) is 3.02. The van der Waals surface area contributed by atoms with Crippen molar-refractivity contribution in [2.24, 2.45) is 0 Å². The second-order valence-electron chi connectivity index (χ2n) is 4.42. The zero-order valence-electron chi connectivity index (χ0n) is 10.9. The molecule has 1 unspecified atom stereocenters. The molecule has 0 fully saturated rings. The molecule has 100 valence electrons. The van der Waals surface area contributed by atoms with E-state index in [-0.39, 0.29) is 0 Å². The third-order valence-corrected chi connectivity index (χ3v) is 3.52. The van der Waals surface area contributed by atoms with Gasteiger partial charge in [-0.05, 0) is 37.3 Å². The van der Waals surface area contributed by atoms with Crippen LogP contribution >= 0.6 is 15.9 Å². The fourth-order valence-corrected chi connectivity index (χ4v) is 2.40. The average molecular weight is 322 g/mol. The lowest BCUT2D eigenvalue weighted by atomic mass is 9.98. The number of hydrogen-bond donors (Lipinski definition) is 2. The number of aliphatic hydroxyl groups is 1. The summed E-state index contributed by atoms with van der Waals surface area (Å²) in [7, 11) is 1.59. The molecule has 0 radical (unpaired) electrons. The largest absolute Gasteiger partial charge is 0.496 e. The molecular weight excluding hydrogens is 306 g/mol. The first-order valence-electron chi connectivity index (χ1n) is 5.90. The first-order valence-corrected chi connectivity index (χ1v) is 6.69. The summed E-state index contributed by atoms with van der Waals surface area (Å²) >= 11 is 3.39.